The van der Waals surface area contributed by atoms with Gasteiger partial charge in [0.2, 0.25) is 21.7 Å². The summed E-state index contributed by atoms with van der Waals surface area (Å²) in [5.74, 6) is -4.14. The first-order valence-electron chi connectivity index (χ1n) is 10.8. The lowest BCUT2D eigenvalue weighted by atomic mass is 9.97. The highest BCUT2D eigenvalue weighted by molar-refractivity contribution is 7.90. The summed E-state index contributed by atoms with van der Waals surface area (Å²) in [4.78, 5) is 45.6. The van der Waals surface area contributed by atoms with Gasteiger partial charge in [-0.3, -0.25) is 0 Å². The number of hydrogen-bond acceptors (Lipinski definition) is 10. The van der Waals surface area contributed by atoms with Crippen molar-refractivity contribution < 1.29 is 55.1 Å². The number of unbranched alkanes of at least 4 members (excludes halogenated alkanes) is 2. The molecule has 2 rings (SSSR count). The molecule has 18 heteroatoms. The zero-order valence-corrected chi connectivity index (χ0v) is 21.8. The molecule has 0 bridgehead atoms. The van der Waals surface area contributed by atoms with Crippen LogP contribution < -0.4 is 20.1 Å². The fourth-order valence-electron chi connectivity index (χ4n) is 3.01. The summed E-state index contributed by atoms with van der Waals surface area (Å²) in [5.41, 5.74) is -0.842. The second-order valence-corrected chi connectivity index (χ2v) is 11.7. The molecule has 0 aliphatic rings. The van der Waals surface area contributed by atoms with Gasteiger partial charge in [-0.15, -0.1) is 0 Å². The Kier molecular flexibility index (Phi) is 9.52. The molecule has 0 saturated heterocycles. The number of hydrogen-bond donors (Lipinski definition) is 6. The standard InChI is InChI=1S/C20H26N4O12S2/c1-20(2,22-19(30)24-38(33,34)15-9-7-13(36-15)17(27)28)10-4-3-5-11-21-18(29)23-37(31,32)14-8-6-12(35-14)16(25)26/h6-9H,3-5,10-11H2,1-2H3,(H,25,26)(H,27,28)(H2,21,23,29)(H2,22,24,30). The van der Waals surface area contributed by atoms with Gasteiger partial charge in [-0.2, -0.15) is 16.8 Å². The highest BCUT2D eigenvalue weighted by atomic mass is 32.2. The Morgan fingerprint density at radius 2 is 1.24 bits per heavy atom. The lowest BCUT2D eigenvalue weighted by Gasteiger charge is -2.26. The SMILES string of the molecule is CC(C)(CCCCCNC(=O)NS(=O)(=O)c1ccc(C(=O)O)o1)NC(=O)NS(=O)(=O)c1ccc(C(=O)O)o1. The second-order valence-electron chi connectivity index (χ2n) is 8.46. The largest absolute Gasteiger partial charge is 0.475 e. The van der Waals surface area contributed by atoms with Gasteiger partial charge in [0.1, 0.15) is 0 Å². The minimum atomic E-state index is -4.43. The monoisotopic (exact) mass is 578 g/mol. The van der Waals surface area contributed by atoms with E-state index in [9.17, 15) is 36.0 Å². The number of urea groups is 2. The van der Waals surface area contributed by atoms with Crippen LogP contribution in [0.4, 0.5) is 9.59 Å². The predicted molar refractivity (Wildman–Crippen MR) is 126 cm³/mol. The number of sulfonamides is 2. The molecule has 16 nitrogen and oxygen atoms in total. The first-order chi connectivity index (χ1) is 17.5. The fraction of sp³-hybridized carbons (Fsp3) is 0.400. The predicted octanol–water partition coefficient (Wildman–Crippen LogP) is 1.28. The molecule has 0 radical (unpaired) electrons. The molecule has 2 aromatic heterocycles. The third-order valence-corrected chi connectivity index (χ3v) is 7.19. The van der Waals surface area contributed by atoms with Gasteiger partial charge in [-0.1, -0.05) is 12.8 Å². The Morgan fingerprint density at radius 3 is 1.68 bits per heavy atom. The molecular weight excluding hydrogens is 552 g/mol. The van der Waals surface area contributed by atoms with Gasteiger partial charge in [0.25, 0.3) is 20.0 Å². The van der Waals surface area contributed by atoms with Crippen molar-refractivity contribution in [2.24, 2.45) is 0 Å². The normalized spacial score (nSPS) is 11.9. The number of carbonyl (C=O) groups is 4. The van der Waals surface area contributed by atoms with Gasteiger partial charge in [0.05, 0.1) is 0 Å². The molecule has 2 aromatic rings. The van der Waals surface area contributed by atoms with Crippen LogP contribution in [0.1, 0.15) is 60.6 Å². The summed E-state index contributed by atoms with van der Waals surface area (Å²) in [7, 11) is -8.83. The Morgan fingerprint density at radius 1 is 0.763 bits per heavy atom. The van der Waals surface area contributed by atoms with E-state index in [0.717, 1.165) is 24.3 Å². The molecule has 38 heavy (non-hydrogen) atoms. The molecule has 0 spiro atoms. The number of carboxylic acid groups (broad SMARTS) is 2. The van der Waals surface area contributed by atoms with Gasteiger partial charge in [0.15, 0.2) is 0 Å². The van der Waals surface area contributed by atoms with E-state index in [1.165, 1.54) is 0 Å². The zero-order valence-electron chi connectivity index (χ0n) is 20.1. The summed E-state index contributed by atoms with van der Waals surface area (Å²) in [6, 6.07) is 1.59. The number of nitrogens with one attached hydrogen (secondary N) is 4. The van der Waals surface area contributed by atoms with Crippen molar-refractivity contribution in [3.8, 4) is 0 Å². The van der Waals surface area contributed by atoms with E-state index in [1.807, 2.05) is 0 Å². The van der Waals surface area contributed by atoms with Gasteiger partial charge in [-0.25, -0.2) is 28.6 Å². The Balaban J connectivity index is 1.71. The summed E-state index contributed by atoms with van der Waals surface area (Å²) in [6.07, 6.45) is 1.96. The molecule has 0 aliphatic carbocycles. The first kappa shape index (κ1) is 30.2. The van der Waals surface area contributed by atoms with Crippen molar-refractivity contribution in [1.82, 2.24) is 20.1 Å². The van der Waals surface area contributed by atoms with Crippen LogP contribution in [0.15, 0.2) is 43.3 Å². The molecule has 0 unspecified atom stereocenters. The number of rotatable bonds is 13. The average molecular weight is 579 g/mol. The summed E-state index contributed by atoms with van der Waals surface area (Å²) in [5, 5.41) is 20.9. The van der Waals surface area contributed by atoms with Crippen LogP contribution in [0.3, 0.4) is 0 Å². The molecule has 0 saturated carbocycles. The number of carbonyl (C=O) groups excluding carboxylic acids is 2. The van der Waals surface area contributed by atoms with Crippen molar-refractivity contribution in [1.29, 1.82) is 0 Å². The fourth-order valence-corrected chi connectivity index (χ4v) is 4.71. The summed E-state index contributed by atoms with van der Waals surface area (Å²) in [6.45, 7) is 3.40. The lowest BCUT2D eigenvalue weighted by molar-refractivity contribution is 0.0646. The van der Waals surface area contributed by atoms with E-state index in [1.54, 1.807) is 23.3 Å². The summed E-state index contributed by atoms with van der Waals surface area (Å²) >= 11 is 0. The first-order valence-corrected chi connectivity index (χ1v) is 13.8. The Hall–Kier alpha value is -4.06. The van der Waals surface area contributed by atoms with Crippen LogP contribution in [0.5, 0.6) is 0 Å². The van der Waals surface area contributed by atoms with E-state index in [0.29, 0.717) is 25.7 Å². The van der Waals surface area contributed by atoms with Crippen LogP contribution in [-0.4, -0.2) is 63.1 Å². The maximum atomic E-state index is 12.2. The molecule has 2 heterocycles. The Labute approximate surface area is 216 Å². The van der Waals surface area contributed by atoms with Crippen molar-refractivity contribution in [2.75, 3.05) is 6.54 Å². The molecule has 210 valence electrons. The third kappa shape index (κ3) is 8.80. The molecule has 0 aliphatic heterocycles. The third-order valence-electron chi connectivity index (χ3n) is 4.78. The number of carboxylic acids is 2. The second kappa shape index (κ2) is 12.0. The van der Waals surface area contributed by atoms with E-state index in [4.69, 9.17) is 14.6 Å². The van der Waals surface area contributed by atoms with Crippen molar-refractivity contribution >= 4 is 44.0 Å². The van der Waals surface area contributed by atoms with Gasteiger partial charge < -0.3 is 29.7 Å². The van der Waals surface area contributed by atoms with Crippen LogP contribution in [-0.2, 0) is 20.0 Å². The highest BCUT2D eigenvalue weighted by Crippen LogP contribution is 2.16. The van der Waals surface area contributed by atoms with Gasteiger partial charge >= 0.3 is 24.0 Å². The van der Waals surface area contributed by atoms with E-state index >= 15 is 0 Å². The Bertz CT molecular complexity index is 1410. The van der Waals surface area contributed by atoms with Crippen LogP contribution in [0.2, 0.25) is 0 Å². The zero-order chi connectivity index (χ0) is 28.7. The summed E-state index contributed by atoms with van der Waals surface area (Å²) < 4.78 is 61.2. The quantitative estimate of drug-likeness (QED) is 0.184. The molecule has 4 amide bonds. The van der Waals surface area contributed by atoms with Gasteiger partial charge in [0, 0.05) is 12.1 Å². The van der Waals surface area contributed by atoms with Crippen molar-refractivity contribution in [3.05, 3.63) is 35.8 Å². The van der Waals surface area contributed by atoms with Crippen LogP contribution >= 0.6 is 0 Å². The van der Waals surface area contributed by atoms with Crippen molar-refractivity contribution in [2.45, 2.75) is 55.3 Å². The molecule has 0 aromatic carbocycles. The maximum Gasteiger partial charge on any atom is 0.371 e. The topological polar surface area (TPSA) is 251 Å². The smallest absolute Gasteiger partial charge is 0.371 e. The van der Waals surface area contributed by atoms with E-state index < -0.39 is 71.3 Å². The van der Waals surface area contributed by atoms with Gasteiger partial charge in [-0.05, 0) is 51.0 Å². The number of aromatic carboxylic acids is 2. The van der Waals surface area contributed by atoms with E-state index in [-0.39, 0.29) is 6.54 Å². The molecular formula is C20H26N4O12S2. The van der Waals surface area contributed by atoms with Crippen LogP contribution in [0, 0.1) is 0 Å². The average Bonchev–Trinajstić information content (AvgIpc) is 3.46. The van der Waals surface area contributed by atoms with Crippen LogP contribution in [0.25, 0.3) is 0 Å². The molecule has 0 fully saturated rings. The van der Waals surface area contributed by atoms with Crippen molar-refractivity contribution in [3.63, 3.8) is 0 Å². The number of furan rings is 2. The minimum Gasteiger partial charge on any atom is -0.475 e. The minimum absolute atomic E-state index is 0.105. The maximum absolute atomic E-state index is 12.2. The van der Waals surface area contributed by atoms with E-state index in [2.05, 4.69) is 15.1 Å². The highest BCUT2D eigenvalue weighted by Gasteiger charge is 2.27. The molecule has 6 N–H and O–H groups in total. The molecule has 0 atom stereocenters. The lowest BCUT2D eigenvalue weighted by Crippen LogP contribution is -2.49. The number of amides is 4.